The van der Waals surface area contributed by atoms with Crippen molar-refractivity contribution in [3.8, 4) is 56.8 Å². The van der Waals surface area contributed by atoms with E-state index >= 15 is 0 Å². The van der Waals surface area contributed by atoms with Gasteiger partial charge in [-0.15, -0.1) is 0 Å². The zero-order chi connectivity index (χ0) is 52.1. The van der Waals surface area contributed by atoms with Crippen LogP contribution in [0.5, 0.6) is 34.5 Å². The highest BCUT2D eigenvalue weighted by Crippen LogP contribution is 2.50. The largest absolute Gasteiger partial charge is 0.507 e. The summed E-state index contributed by atoms with van der Waals surface area (Å²) in [6.07, 6.45) is 3.34. The van der Waals surface area contributed by atoms with E-state index in [1.54, 1.807) is 40.9 Å². The summed E-state index contributed by atoms with van der Waals surface area (Å²) in [4.78, 5) is 11.2. The molecule has 0 aliphatic carbocycles. The zero-order valence-electron chi connectivity index (χ0n) is 43.4. The average molecular weight is 985 g/mol. The Morgan fingerprint density at radius 2 is 0.784 bits per heavy atom. The highest BCUT2D eigenvalue weighted by molar-refractivity contribution is 6.11. The van der Waals surface area contributed by atoms with Gasteiger partial charge in [0, 0.05) is 56.2 Å². The molecule has 0 radical (unpaired) electrons. The highest BCUT2D eigenvalue weighted by atomic mass is 16.5. The molecule has 0 aliphatic heterocycles. The first-order valence-electron chi connectivity index (χ1n) is 24.7. The Bertz CT molecular complexity index is 3560. The molecule has 10 nitrogen and oxygen atoms in total. The lowest BCUT2D eigenvalue weighted by atomic mass is 9.84. The summed E-state index contributed by atoms with van der Waals surface area (Å²) in [7, 11) is 6.26. The lowest BCUT2D eigenvalue weighted by Gasteiger charge is -2.27. The van der Waals surface area contributed by atoms with Gasteiger partial charge in [-0.1, -0.05) is 163 Å². The van der Waals surface area contributed by atoms with Gasteiger partial charge in [-0.2, -0.15) is 0 Å². The van der Waals surface area contributed by atoms with Crippen LogP contribution in [0.3, 0.4) is 0 Å². The topological polar surface area (TPSA) is 128 Å². The SMILES string of the molecule is COc1cc(C(C)(C)C)c(O)c(C=N[C@@H](c2ccccc2-c2cccc3c2oc2ccccc23)[C@@H](N=Cc2c(O)c(C(C)(C)C)cc(OC)c2OC)c2ccccc2-c2cccc3c2oc2ccccc23)c1OC. The molecule has 10 aromatic rings. The minimum atomic E-state index is -0.868. The molecule has 0 spiro atoms. The summed E-state index contributed by atoms with van der Waals surface area (Å²) in [5.41, 5.74) is 9.01. The number of rotatable bonds is 13. The number of phenolic OH excluding ortho intramolecular Hbond substituents is 2. The van der Waals surface area contributed by atoms with Gasteiger partial charge in [-0.05, 0) is 57.3 Å². The number of ether oxygens (including phenoxy) is 4. The van der Waals surface area contributed by atoms with Crippen molar-refractivity contribution >= 4 is 56.3 Å². The molecule has 2 atom stereocenters. The molecule has 10 heteroatoms. The maximum absolute atomic E-state index is 12.3. The molecule has 0 saturated heterocycles. The average Bonchev–Trinajstić information content (AvgIpc) is 3.98. The van der Waals surface area contributed by atoms with E-state index in [0.717, 1.165) is 77.3 Å². The molecule has 2 heterocycles. The van der Waals surface area contributed by atoms with Crippen LogP contribution in [0.15, 0.2) is 164 Å². The van der Waals surface area contributed by atoms with Crippen molar-refractivity contribution in [1.29, 1.82) is 0 Å². The van der Waals surface area contributed by atoms with E-state index in [0.29, 0.717) is 45.3 Å². The summed E-state index contributed by atoms with van der Waals surface area (Å²) >= 11 is 0. The predicted octanol–water partition coefficient (Wildman–Crippen LogP) is 15.9. The lowest BCUT2D eigenvalue weighted by Crippen LogP contribution is -2.15. The van der Waals surface area contributed by atoms with Crippen molar-refractivity contribution in [2.75, 3.05) is 28.4 Å². The summed E-state index contributed by atoms with van der Waals surface area (Å²) in [5, 5.41) is 28.6. The van der Waals surface area contributed by atoms with Crippen LogP contribution in [0.2, 0.25) is 0 Å². The number of hydrogen-bond donors (Lipinski definition) is 2. The molecule has 10 rings (SSSR count). The monoisotopic (exact) mass is 984 g/mol. The summed E-state index contributed by atoms with van der Waals surface area (Å²) in [6, 6.07) is 46.7. The first-order chi connectivity index (χ1) is 35.7. The van der Waals surface area contributed by atoms with E-state index in [4.69, 9.17) is 37.8 Å². The molecular formula is C64H60N2O8. The maximum atomic E-state index is 12.3. The zero-order valence-corrected chi connectivity index (χ0v) is 43.4. The molecule has 0 amide bonds. The van der Waals surface area contributed by atoms with Gasteiger partial charge in [-0.25, -0.2) is 0 Å². The van der Waals surface area contributed by atoms with Crippen molar-refractivity contribution in [3.63, 3.8) is 0 Å². The van der Waals surface area contributed by atoms with Gasteiger partial charge in [0.25, 0.3) is 0 Å². The van der Waals surface area contributed by atoms with E-state index in [2.05, 4.69) is 60.7 Å². The predicted molar refractivity (Wildman–Crippen MR) is 299 cm³/mol. The maximum Gasteiger partial charge on any atom is 0.173 e. The van der Waals surface area contributed by atoms with Crippen molar-refractivity contribution in [2.24, 2.45) is 9.98 Å². The second-order valence-corrected chi connectivity index (χ2v) is 20.5. The quantitative estimate of drug-likeness (QED) is 0.109. The number of nitrogens with zero attached hydrogens (tertiary/aromatic N) is 2. The van der Waals surface area contributed by atoms with Crippen LogP contribution in [0.1, 0.15) is 87.0 Å². The molecule has 0 saturated carbocycles. The fraction of sp³-hybridized carbons (Fsp3) is 0.219. The van der Waals surface area contributed by atoms with Crippen LogP contribution in [0.25, 0.3) is 66.1 Å². The minimum Gasteiger partial charge on any atom is -0.507 e. The lowest BCUT2D eigenvalue weighted by molar-refractivity contribution is 0.347. The third-order valence-corrected chi connectivity index (χ3v) is 13.9. The Labute approximate surface area is 431 Å². The van der Waals surface area contributed by atoms with E-state index < -0.39 is 22.9 Å². The van der Waals surface area contributed by atoms with Crippen molar-refractivity contribution in [3.05, 3.63) is 179 Å². The first kappa shape index (κ1) is 49.1. The second-order valence-electron chi connectivity index (χ2n) is 20.5. The standard InChI is InChI=1S/C64H60N2O8/c1-63(2,3)49-33-53(69-7)61(71-9)47(57(49)67)35-65-55(41-25-13-11-21-37(41)43-27-19-29-45-39-23-15-17-31-51(39)73-59(43)45)56(66-36-48-58(68)50(64(4,5)6)34-54(70-8)62(48)72-10)42-26-14-12-22-38(42)44-28-20-30-46-40-24-16-18-32-52(40)74-60(44)46/h11-36,55-56,67-68H,1-10H3/t55-,56-/m0/s1. The number of benzene rings is 8. The number of para-hydroxylation sites is 4. The van der Waals surface area contributed by atoms with Crippen LogP contribution in [0, 0.1) is 0 Å². The minimum absolute atomic E-state index is 0.00995. The Hall–Kier alpha value is -8.50. The van der Waals surface area contributed by atoms with Gasteiger partial charge in [-0.3, -0.25) is 9.98 Å². The van der Waals surface area contributed by atoms with E-state index in [1.807, 2.05) is 126 Å². The molecule has 374 valence electrons. The highest BCUT2D eigenvalue weighted by Gasteiger charge is 2.33. The van der Waals surface area contributed by atoms with Crippen molar-refractivity contribution in [1.82, 2.24) is 0 Å². The van der Waals surface area contributed by atoms with Gasteiger partial charge in [0.1, 0.15) is 45.9 Å². The van der Waals surface area contributed by atoms with Crippen molar-refractivity contribution < 1.29 is 38.0 Å². The number of hydrogen-bond acceptors (Lipinski definition) is 10. The van der Waals surface area contributed by atoms with E-state index in [9.17, 15) is 10.2 Å². The van der Waals surface area contributed by atoms with Crippen LogP contribution in [0.4, 0.5) is 0 Å². The Balaban J connectivity index is 1.31. The molecule has 0 bridgehead atoms. The number of phenols is 2. The van der Waals surface area contributed by atoms with Gasteiger partial charge in [0.2, 0.25) is 0 Å². The van der Waals surface area contributed by atoms with E-state index in [1.165, 1.54) is 0 Å². The molecule has 0 unspecified atom stereocenters. The molecule has 0 aliphatic rings. The van der Waals surface area contributed by atoms with E-state index in [-0.39, 0.29) is 11.5 Å². The second kappa shape index (κ2) is 19.5. The Kier molecular flexibility index (Phi) is 12.9. The fourth-order valence-electron chi connectivity index (χ4n) is 10.3. The third kappa shape index (κ3) is 8.63. The number of methoxy groups -OCH3 is 4. The van der Waals surface area contributed by atoms with Crippen LogP contribution >= 0.6 is 0 Å². The normalized spacial score (nSPS) is 13.2. The van der Waals surface area contributed by atoms with Crippen LogP contribution in [-0.2, 0) is 10.8 Å². The molecule has 74 heavy (non-hydrogen) atoms. The Morgan fingerprint density at radius 1 is 0.432 bits per heavy atom. The van der Waals surface area contributed by atoms with Gasteiger partial charge in [0.15, 0.2) is 23.0 Å². The summed E-state index contributed by atoms with van der Waals surface area (Å²) in [6.45, 7) is 12.2. The number of aliphatic imine (C=N–C) groups is 2. The summed E-state index contributed by atoms with van der Waals surface area (Å²) in [5.74, 6) is 1.54. The number of fused-ring (bicyclic) bond motifs is 6. The molecule has 0 fully saturated rings. The van der Waals surface area contributed by atoms with Crippen molar-refractivity contribution in [2.45, 2.75) is 64.5 Å². The molecule has 2 N–H and O–H groups in total. The fourth-order valence-corrected chi connectivity index (χ4v) is 10.3. The van der Waals surface area contributed by atoms with Gasteiger partial charge >= 0.3 is 0 Å². The number of aromatic hydroxyl groups is 2. The van der Waals surface area contributed by atoms with Gasteiger partial charge < -0.3 is 38.0 Å². The number of furan rings is 2. The molecule has 8 aromatic carbocycles. The van der Waals surface area contributed by atoms with Gasteiger partial charge in [0.05, 0.1) is 39.6 Å². The molecule has 2 aromatic heterocycles. The summed E-state index contributed by atoms with van der Waals surface area (Å²) < 4.78 is 37.4. The Morgan fingerprint density at radius 3 is 1.16 bits per heavy atom. The smallest absolute Gasteiger partial charge is 0.173 e. The van der Waals surface area contributed by atoms with Crippen LogP contribution < -0.4 is 18.9 Å². The van der Waals surface area contributed by atoms with Crippen LogP contribution in [-0.4, -0.2) is 51.1 Å². The third-order valence-electron chi connectivity index (χ3n) is 13.9. The first-order valence-corrected chi connectivity index (χ1v) is 24.7. The molecular weight excluding hydrogens is 925 g/mol.